The highest BCUT2D eigenvalue weighted by Crippen LogP contribution is 2.38. The number of benzene rings is 2. The minimum Gasteiger partial charge on any atom is -0.337 e. The lowest BCUT2D eigenvalue weighted by atomic mass is 10.1. The number of anilines is 2. The minimum absolute atomic E-state index is 0.0107. The van der Waals surface area contributed by atoms with Crippen LogP contribution in [0.2, 0.25) is 0 Å². The number of hydrogen-bond donors (Lipinski definition) is 1. The van der Waals surface area contributed by atoms with Crippen LogP contribution in [-0.2, 0) is 4.79 Å². The maximum absolute atomic E-state index is 12.9. The van der Waals surface area contributed by atoms with Gasteiger partial charge in [0.2, 0.25) is 5.95 Å². The van der Waals surface area contributed by atoms with Crippen LogP contribution in [0.1, 0.15) is 15.9 Å². The molecule has 0 saturated carbocycles. The first-order chi connectivity index (χ1) is 15.7. The zero-order chi connectivity index (χ0) is 21.9. The van der Waals surface area contributed by atoms with E-state index in [0.29, 0.717) is 42.6 Å². The van der Waals surface area contributed by atoms with Crippen molar-refractivity contribution < 1.29 is 9.59 Å². The molecule has 2 amide bonds. The Morgan fingerprint density at radius 1 is 0.938 bits per heavy atom. The summed E-state index contributed by atoms with van der Waals surface area (Å²) in [5.41, 5.74) is 2.35. The molecule has 160 valence electrons. The molecule has 0 unspecified atom stereocenters. The van der Waals surface area contributed by atoms with E-state index in [-0.39, 0.29) is 11.8 Å². The van der Waals surface area contributed by atoms with Gasteiger partial charge in [-0.15, -0.1) is 0 Å². The lowest BCUT2D eigenvalue weighted by molar-refractivity contribution is -0.112. The van der Waals surface area contributed by atoms with E-state index >= 15 is 0 Å². The number of fused-ring (bicyclic) bond motifs is 1. The van der Waals surface area contributed by atoms with Crippen LogP contribution in [0.4, 0.5) is 11.6 Å². The van der Waals surface area contributed by atoms with Crippen LogP contribution in [-0.4, -0.2) is 52.9 Å². The SMILES string of the molecule is O=C1Nc2ccccc2SC1=Cc1ccc(C(=O)N2CCN(c3ncccn3)CC2)cc1. The Bertz CT molecular complexity index is 1170. The van der Waals surface area contributed by atoms with Crippen molar-refractivity contribution in [3.8, 4) is 0 Å². The van der Waals surface area contributed by atoms with Crippen molar-refractivity contribution in [3.63, 3.8) is 0 Å². The molecule has 3 aromatic rings. The minimum atomic E-state index is -0.117. The second kappa shape index (κ2) is 8.84. The Labute approximate surface area is 190 Å². The zero-order valence-corrected chi connectivity index (χ0v) is 18.1. The summed E-state index contributed by atoms with van der Waals surface area (Å²) in [7, 11) is 0. The number of hydrogen-bond acceptors (Lipinski definition) is 6. The molecule has 5 rings (SSSR count). The topological polar surface area (TPSA) is 78.4 Å². The van der Waals surface area contributed by atoms with Crippen molar-refractivity contribution >= 4 is 41.3 Å². The lowest BCUT2D eigenvalue weighted by Crippen LogP contribution is -2.49. The average molecular weight is 444 g/mol. The highest BCUT2D eigenvalue weighted by Gasteiger charge is 2.24. The van der Waals surface area contributed by atoms with E-state index in [9.17, 15) is 9.59 Å². The summed E-state index contributed by atoms with van der Waals surface area (Å²) in [5, 5.41) is 2.92. The average Bonchev–Trinajstić information content (AvgIpc) is 2.85. The summed E-state index contributed by atoms with van der Waals surface area (Å²) in [4.78, 5) is 39.5. The summed E-state index contributed by atoms with van der Waals surface area (Å²) in [6.07, 6.45) is 5.30. The van der Waals surface area contributed by atoms with E-state index in [1.807, 2.05) is 59.5 Å². The molecule has 2 aliphatic rings. The summed E-state index contributed by atoms with van der Waals surface area (Å²) in [6.45, 7) is 2.65. The quantitative estimate of drug-likeness (QED) is 0.624. The van der Waals surface area contributed by atoms with Gasteiger partial charge in [-0.2, -0.15) is 0 Å². The van der Waals surface area contributed by atoms with Crippen molar-refractivity contribution in [2.24, 2.45) is 0 Å². The molecule has 8 heteroatoms. The number of aromatic nitrogens is 2. The van der Waals surface area contributed by atoms with Crippen LogP contribution < -0.4 is 10.2 Å². The maximum Gasteiger partial charge on any atom is 0.262 e. The van der Waals surface area contributed by atoms with Crippen molar-refractivity contribution in [1.29, 1.82) is 0 Å². The maximum atomic E-state index is 12.9. The molecule has 32 heavy (non-hydrogen) atoms. The van der Waals surface area contributed by atoms with Crippen LogP contribution in [0.25, 0.3) is 6.08 Å². The van der Waals surface area contributed by atoms with Gasteiger partial charge in [-0.3, -0.25) is 9.59 Å². The molecular weight excluding hydrogens is 422 g/mol. The van der Waals surface area contributed by atoms with Crippen LogP contribution in [0.15, 0.2) is 76.8 Å². The van der Waals surface area contributed by atoms with E-state index in [4.69, 9.17) is 0 Å². The van der Waals surface area contributed by atoms with Crippen molar-refractivity contribution in [3.05, 3.63) is 83.0 Å². The fourth-order valence-corrected chi connectivity index (χ4v) is 4.67. The first-order valence-electron chi connectivity index (χ1n) is 10.4. The van der Waals surface area contributed by atoms with E-state index in [2.05, 4.69) is 20.2 Å². The van der Waals surface area contributed by atoms with Crippen molar-refractivity contribution in [2.75, 3.05) is 36.4 Å². The summed E-state index contributed by atoms with van der Waals surface area (Å²) in [6, 6.07) is 16.9. The molecule has 0 aliphatic carbocycles. The molecule has 1 fully saturated rings. The van der Waals surface area contributed by atoms with Gasteiger partial charge in [0, 0.05) is 49.0 Å². The molecule has 1 saturated heterocycles. The molecule has 2 aromatic carbocycles. The normalized spacial score (nSPS) is 17.1. The third kappa shape index (κ3) is 4.22. The molecule has 1 N–H and O–H groups in total. The Kier molecular flexibility index (Phi) is 5.60. The van der Waals surface area contributed by atoms with Crippen LogP contribution in [0, 0.1) is 0 Å². The number of nitrogens with one attached hydrogen (secondary N) is 1. The third-order valence-electron chi connectivity index (χ3n) is 5.44. The van der Waals surface area contributed by atoms with E-state index < -0.39 is 0 Å². The fourth-order valence-electron chi connectivity index (χ4n) is 3.72. The predicted molar refractivity (Wildman–Crippen MR) is 125 cm³/mol. The number of carbonyl (C=O) groups excluding carboxylic acids is 2. The highest BCUT2D eigenvalue weighted by molar-refractivity contribution is 8.04. The fraction of sp³-hybridized carbons (Fsp3) is 0.167. The third-order valence-corrected chi connectivity index (χ3v) is 6.54. The number of nitrogens with zero attached hydrogens (tertiary/aromatic N) is 4. The number of amides is 2. The molecule has 0 radical (unpaired) electrons. The van der Waals surface area contributed by atoms with Gasteiger partial charge in [0.25, 0.3) is 11.8 Å². The Hall–Kier alpha value is -3.65. The molecule has 0 spiro atoms. The zero-order valence-electron chi connectivity index (χ0n) is 17.3. The van der Waals surface area contributed by atoms with Gasteiger partial charge in [-0.25, -0.2) is 9.97 Å². The number of thioether (sulfide) groups is 1. The van der Waals surface area contributed by atoms with Crippen molar-refractivity contribution in [2.45, 2.75) is 4.90 Å². The lowest BCUT2D eigenvalue weighted by Gasteiger charge is -2.34. The first kappa shape index (κ1) is 20.3. The van der Waals surface area contributed by atoms with Crippen molar-refractivity contribution in [1.82, 2.24) is 14.9 Å². The van der Waals surface area contributed by atoms with Gasteiger partial charge in [0.05, 0.1) is 10.6 Å². The van der Waals surface area contributed by atoms with Gasteiger partial charge in [-0.1, -0.05) is 36.0 Å². The molecule has 1 aromatic heterocycles. The van der Waals surface area contributed by atoms with Gasteiger partial charge < -0.3 is 15.1 Å². The van der Waals surface area contributed by atoms with Gasteiger partial charge in [0.1, 0.15) is 0 Å². The van der Waals surface area contributed by atoms with Crippen LogP contribution in [0.3, 0.4) is 0 Å². The standard InChI is InChI=1S/C24H21N5O2S/c30-22-21(32-20-5-2-1-4-19(20)27-22)16-17-6-8-18(9-7-17)23(31)28-12-14-29(15-13-28)24-25-10-3-11-26-24/h1-11,16H,12-15H2,(H,27,30). The molecule has 0 bridgehead atoms. The molecule has 3 heterocycles. The Balaban J connectivity index is 1.24. The van der Waals surface area contributed by atoms with Gasteiger partial charge in [-0.05, 0) is 42.0 Å². The first-order valence-corrected chi connectivity index (χ1v) is 11.2. The van der Waals surface area contributed by atoms with E-state index in [1.54, 1.807) is 18.5 Å². The summed E-state index contributed by atoms with van der Waals surface area (Å²) in [5.74, 6) is 0.592. The number of carbonyl (C=O) groups is 2. The second-order valence-electron chi connectivity index (χ2n) is 7.51. The highest BCUT2D eigenvalue weighted by atomic mass is 32.2. The number of para-hydroxylation sites is 1. The van der Waals surface area contributed by atoms with Gasteiger partial charge >= 0.3 is 0 Å². The number of piperazine rings is 1. The smallest absolute Gasteiger partial charge is 0.262 e. The molecule has 7 nitrogen and oxygen atoms in total. The molecule has 2 aliphatic heterocycles. The summed E-state index contributed by atoms with van der Waals surface area (Å²) >= 11 is 1.45. The molecular formula is C24H21N5O2S. The van der Waals surface area contributed by atoms with Crippen LogP contribution in [0.5, 0.6) is 0 Å². The Morgan fingerprint density at radius 3 is 2.41 bits per heavy atom. The molecule has 0 atom stereocenters. The Morgan fingerprint density at radius 2 is 1.66 bits per heavy atom. The largest absolute Gasteiger partial charge is 0.337 e. The van der Waals surface area contributed by atoms with E-state index in [0.717, 1.165) is 16.1 Å². The number of rotatable bonds is 3. The van der Waals surface area contributed by atoms with Gasteiger partial charge in [0.15, 0.2) is 0 Å². The monoisotopic (exact) mass is 443 g/mol. The summed E-state index contributed by atoms with van der Waals surface area (Å²) < 4.78 is 0. The second-order valence-corrected chi connectivity index (χ2v) is 8.59. The predicted octanol–water partition coefficient (Wildman–Crippen LogP) is 3.52. The van der Waals surface area contributed by atoms with E-state index in [1.165, 1.54) is 11.8 Å². The van der Waals surface area contributed by atoms with Crippen LogP contribution >= 0.6 is 11.8 Å².